The van der Waals surface area contributed by atoms with Crippen LogP contribution in [0.2, 0.25) is 5.02 Å². The Morgan fingerprint density at radius 3 is 2.71 bits per heavy atom. The molecule has 1 unspecified atom stereocenters. The van der Waals surface area contributed by atoms with Crippen LogP contribution in [0.5, 0.6) is 5.75 Å². The highest BCUT2D eigenvalue weighted by molar-refractivity contribution is 7.92. The fourth-order valence-corrected chi connectivity index (χ4v) is 6.35. The Morgan fingerprint density at radius 1 is 1.26 bits per heavy atom. The van der Waals surface area contributed by atoms with Crippen molar-refractivity contribution in [2.45, 2.75) is 56.9 Å². The number of likely N-dealkylation sites (tertiary alicyclic amines) is 1. The van der Waals surface area contributed by atoms with Crippen LogP contribution in [-0.4, -0.2) is 63.5 Å². The molecule has 1 fully saturated rings. The van der Waals surface area contributed by atoms with Gasteiger partial charge in [0.15, 0.2) is 0 Å². The number of sulfonamides is 1. The van der Waals surface area contributed by atoms with Crippen molar-refractivity contribution in [1.82, 2.24) is 10.2 Å². The van der Waals surface area contributed by atoms with E-state index in [-0.39, 0.29) is 27.0 Å². The van der Waals surface area contributed by atoms with Gasteiger partial charge in [0.05, 0.1) is 22.6 Å². The van der Waals surface area contributed by atoms with Gasteiger partial charge in [-0.2, -0.15) is 0 Å². The van der Waals surface area contributed by atoms with Crippen LogP contribution in [0.4, 0.5) is 11.4 Å². The van der Waals surface area contributed by atoms with Crippen LogP contribution >= 0.6 is 11.6 Å². The predicted octanol–water partition coefficient (Wildman–Crippen LogP) is 4.53. The van der Waals surface area contributed by atoms with Crippen LogP contribution in [0.3, 0.4) is 0 Å². The number of ether oxygens (including phenoxy) is 1. The van der Waals surface area contributed by atoms with E-state index in [9.17, 15) is 23.3 Å². The molecule has 0 radical (unpaired) electrons. The van der Waals surface area contributed by atoms with E-state index in [2.05, 4.69) is 17.1 Å². The summed E-state index contributed by atoms with van der Waals surface area (Å²) in [5.41, 5.74) is 0.0340. The van der Waals surface area contributed by atoms with Gasteiger partial charge in [-0.15, -0.1) is 0 Å². The average molecular weight is 567 g/mol. The summed E-state index contributed by atoms with van der Waals surface area (Å²) in [7, 11) is -3.04. The van der Waals surface area contributed by atoms with Crippen molar-refractivity contribution in [1.29, 1.82) is 0 Å². The van der Waals surface area contributed by atoms with Gasteiger partial charge >= 0.3 is 0 Å². The number of nitro groups is 1. The lowest BCUT2D eigenvalue weighted by atomic mass is 10.00. The molecular formula is C26H35ClN4O6S. The van der Waals surface area contributed by atoms with Gasteiger partial charge < -0.3 is 15.0 Å². The van der Waals surface area contributed by atoms with Crippen molar-refractivity contribution in [3.8, 4) is 5.75 Å². The molecule has 1 aliphatic heterocycles. The number of carbonyl (C=O) groups is 1. The smallest absolute Gasteiger partial charge is 0.273 e. The van der Waals surface area contributed by atoms with E-state index >= 15 is 0 Å². The number of aryl methyl sites for hydroxylation is 1. The number of amides is 1. The minimum absolute atomic E-state index is 0.0532. The number of hydrogen-bond donors (Lipinski definition) is 1. The summed E-state index contributed by atoms with van der Waals surface area (Å²) < 4.78 is 33.7. The molecule has 1 atom stereocenters. The molecule has 2 aromatic carbocycles. The van der Waals surface area contributed by atoms with Gasteiger partial charge in [-0.05, 0) is 63.4 Å². The molecule has 1 saturated heterocycles. The molecule has 0 aromatic heterocycles. The number of rotatable bonds is 12. The summed E-state index contributed by atoms with van der Waals surface area (Å²) >= 11 is 6.17. The Morgan fingerprint density at radius 2 is 2.03 bits per heavy atom. The van der Waals surface area contributed by atoms with Gasteiger partial charge in [0.2, 0.25) is 5.91 Å². The summed E-state index contributed by atoms with van der Waals surface area (Å²) in [6.07, 6.45) is 5.44. The number of nitrogens with zero attached hydrogens (tertiary/aromatic N) is 3. The summed E-state index contributed by atoms with van der Waals surface area (Å²) in [5, 5.41) is 14.5. The lowest BCUT2D eigenvalue weighted by Gasteiger charge is -2.35. The van der Waals surface area contributed by atoms with E-state index in [1.807, 2.05) is 0 Å². The maximum Gasteiger partial charge on any atom is 0.273 e. The highest BCUT2D eigenvalue weighted by atomic mass is 35.5. The van der Waals surface area contributed by atoms with Crippen molar-refractivity contribution in [3.63, 3.8) is 0 Å². The van der Waals surface area contributed by atoms with Crippen LogP contribution in [-0.2, 0) is 14.8 Å². The highest BCUT2D eigenvalue weighted by Gasteiger charge is 2.31. The second kappa shape index (κ2) is 13.3. The van der Waals surface area contributed by atoms with Crippen molar-refractivity contribution < 1.29 is 22.9 Å². The number of anilines is 1. The lowest BCUT2D eigenvalue weighted by Crippen LogP contribution is -2.43. The van der Waals surface area contributed by atoms with E-state index < -0.39 is 27.4 Å². The van der Waals surface area contributed by atoms with Gasteiger partial charge in [0, 0.05) is 35.8 Å². The topological polar surface area (TPSA) is 122 Å². The normalized spacial score (nSPS) is 16.2. The third-order valence-corrected chi connectivity index (χ3v) is 8.82. The largest absolute Gasteiger partial charge is 0.495 e. The van der Waals surface area contributed by atoms with Crippen molar-refractivity contribution in [2.75, 3.05) is 37.6 Å². The molecule has 12 heteroatoms. The van der Waals surface area contributed by atoms with Gasteiger partial charge in [-0.3, -0.25) is 19.2 Å². The number of methoxy groups -OCH3 is 1. The Balaban J connectivity index is 1.82. The molecule has 0 aliphatic carbocycles. The monoisotopic (exact) mass is 566 g/mol. The van der Waals surface area contributed by atoms with Crippen LogP contribution in [0.25, 0.3) is 0 Å². The molecule has 0 saturated carbocycles. The van der Waals surface area contributed by atoms with Crippen molar-refractivity contribution in [2.24, 2.45) is 0 Å². The highest BCUT2D eigenvalue weighted by Crippen LogP contribution is 2.35. The SMILES string of the molecule is CCC1CCCCN1CCCNC(=O)CN(c1cc(Cl)ccc1OC)S(=O)(=O)c1ccc(C)c([N+](=O)[O-])c1. The minimum Gasteiger partial charge on any atom is -0.495 e. The van der Waals surface area contributed by atoms with E-state index in [1.54, 1.807) is 0 Å². The number of halogens is 1. The average Bonchev–Trinajstić information content (AvgIpc) is 2.89. The van der Waals surface area contributed by atoms with Crippen LogP contribution in [0.15, 0.2) is 41.3 Å². The van der Waals surface area contributed by atoms with Crippen molar-refractivity contribution >= 4 is 38.9 Å². The first kappa shape index (κ1) is 29.7. The maximum atomic E-state index is 13.8. The Labute approximate surface area is 229 Å². The van der Waals surface area contributed by atoms with Gasteiger partial charge in [0.25, 0.3) is 15.7 Å². The molecule has 1 aliphatic rings. The molecule has 0 bridgehead atoms. The number of piperidine rings is 1. The third-order valence-electron chi connectivity index (χ3n) is 6.83. The number of carbonyl (C=O) groups excluding carboxylic acids is 1. The molecule has 208 valence electrons. The standard InChI is InChI=1S/C26H35ClN4O6S/c1-4-21-8-5-6-14-29(21)15-7-13-28-26(32)18-30(24-16-20(27)10-12-25(24)37-3)38(35,36)22-11-9-19(2)23(17-22)31(33)34/h9-12,16-17,21H,4-8,13-15,18H2,1-3H3,(H,28,32). The molecule has 1 heterocycles. The fraction of sp³-hybridized carbons (Fsp3) is 0.500. The zero-order valence-corrected chi connectivity index (χ0v) is 23.6. The number of nitrogens with one attached hydrogen (secondary N) is 1. The summed E-state index contributed by atoms with van der Waals surface area (Å²) in [4.78, 5) is 25.9. The fourth-order valence-electron chi connectivity index (χ4n) is 4.74. The second-order valence-corrected chi connectivity index (χ2v) is 11.6. The zero-order chi connectivity index (χ0) is 27.9. The molecule has 0 spiro atoms. The molecule has 2 aromatic rings. The molecule has 10 nitrogen and oxygen atoms in total. The molecule has 38 heavy (non-hydrogen) atoms. The number of benzene rings is 2. The van der Waals surface area contributed by atoms with E-state index in [1.165, 1.54) is 63.6 Å². The first-order chi connectivity index (χ1) is 18.1. The van der Waals surface area contributed by atoms with E-state index in [0.29, 0.717) is 18.2 Å². The first-order valence-electron chi connectivity index (χ1n) is 12.7. The molecular weight excluding hydrogens is 532 g/mol. The van der Waals surface area contributed by atoms with Gasteiger partial charge in [0.1, 0.15) is 12.3 Å². The Kier molecular flexibility index (Phi) is 10.3. The maximum absolute atomic E-state index is 13.8. The third kappa shape index (κ3) is 7.15. The van der Waals surface area contributed by atoms with E-state index in [4.69, 9.17) is 16.3 Å². The summed E-state index contributed by atoms with van der Waals surface area (Å²) in [6, 6.07) is 8.62. The summed E-state index contributed by atoms with van der Waals surface area (Å²) in [6.45, 7) is 5.45. The van der Waals surface area contributed by atoms with Crippen molar-refractivity contribution in [3.05, 3.63) is 57.1 Å². The minimum atomic E-state index is -4.41. The molecule has 3 rings (SSSR count). The van der Waals surface area contributed by atoms with Crippen LogP contribution in [0.1, 0.15) is 44.6 Å². The van der Waals surface area contributed by atoms with Crippen LogP contribution in [0, 0.1) is 17.0 Å². The van der Waals surface area contributed by atoms with Crippen LogP contribution < -0.4 is 14.4 Å². The van der Waals surface area contributed by atoms with Gasteiger partial charge in [-0.25, -0.2) is 8.42 Å². The second-order valence-electron chi connectivity index (χ2n) is 9.33. The lowest BCUT2D eigenvalue weighted by molar-refractivity contribution is -0.385. The summed E-state index contributed by atoms with van der Waals surface area (Å²) in [5.74, 6) is -0.328. The van der Waals surface area contributed by atoms with E-state index in [0.717, 1.165) is 36.3 Å². The predicted molar refractivity (Wildman–Crippen MR) is 147 cm³/mol. The Bertz CT molecular complexity index is 1260. The molecule has 1 N–H and O–H groups in total. The first-order valence-corrected chi connectivity index (χ1v) is 14.5. The molecule has 1 amide bonds. The number of nitro benzene ring substituents is 1. The Hall–Kier alpha value is -2.89. The van der Waals surface area contributed by atoms with Gasteiger partial charge in [-0.1, -0.05) is 31.0 Å². The quantitative estimate of drug-likeness (QED) is 0.227. The zero-order valence-electron chi connectivity index (χ0n) is 22.0. The number of hydrogen-bond acceptors (Lipinski definition) is 7.